The quantitative estimate of drug-likeness (QED) is 0.609. The number of ether oxygens (including phenoxy) is 1. The molecule has 1 fully saturated rings. The van der Waals surface area contributed by atoms with Crippen LogP contribution in [0, 0.1) is 0 Å². The normalized spacial score (nSPS) is 24.7. The lowest BCUT2D eigenvalue weighted by atomic mass is 10.1. The van der Waals surface area contributed by atoms with Crippen LogP contribution >= 0.6 is 0 Å². The van der Waals surface area contributed by atoms with E-state index in [0.717, 1.165) is 16.8 Å². The number of benzene rings is 1. The molecule has 0 spiro atoms. The highest BCUT2D eigenvalue weighted by Gasteiger charge is 2.51. The molecule has 9 heteroatoms. The summed E-state index contributed by atoms with van der Waals surface area (Å²) in [5.74, 6) is -0.885. The van der Waals surface area contributed by atoms with Gasteiger partial charge in [-0.15, -0.1) is 0 Å². The van der Waals surface area contributed by atoms with Gasteiger partial charge in [0.1, 0.15) is 12.2 Å². The Morgan fingerprint density at radius 2 is 1.96 bits per heavy atom. The van der Waals surface area contributed by atoms with Gasteiger partial charge in [-0.3, -0.25) is 14.2 Å². The van der Waals surface area contributed by atoms with Gasteiger partial charge in [0.25, 0.3) is 11.5 Å². The molecule has 0 aliphatic carbocycles. The van der Waals surface area contributed by atoms with Crippen LogP contribution in [0.4, 0.5) is 0 Å². The number of rotatable bonds is 4. The Balaban J connectivity index is 2.30. The minimum atomic E-state index is -2.04. The first-order valence-corrected chi connectivity index (χ1v) is 8.09. The summed E-state index contributed by atoms with van der Waals surface area (Å²) < 4.78 is 6.44. The smallest absolute Gasteiger partial charge is 0.340 e. The van der Waals surface area contributed by atoms with E-state index in [2.05, 4.69) is 6.58 Å². The van der Waals surface area contributed by atoms with Crippen molar-refractivity contribution in [1.29, 1.82) is 0 Å². The Hall–Kier alpha value is -2.85. The molecule has 0 saturated carbocycles. The van der Waals surface area contributed by atoms with E-state index in [1.54, 1.807) is 18.2 Å². The first-order valence-electron chi connectivity index (χ1n) is 8.09. The molecule has 9 nitrogen and oxygen atoms in total. The molecule has 1 saturated heterocycles. The lowest BCUT2D eigenvalue weighted by Gasteiger charge is -2.32. The molecule has 1 aromatic carbocycles. The highest BCUT2D eigenvalue weighted by atomic mass is 16.6. The Morgan fingerprint density at radius 3 is 2.48 bits per heavy atom. The second-order valence-corrected chi connectivity index (χ2v) is 6.08. The number of aromatic nitrogens is 2. The topological polar surface area (TPSA) is 131 Å². The van der Waals surface area contributed by atoms with E-state index in [1.165, 1.54) is 12.1 Å². The minimum Gasteiger partial charge on any atom is -0.391 e. The third-order valence-electron chi connectivity index (χ3n) is 4.52. The van der Waals surface area contributed by atoms with E-state index in [0.29, 0.717) is 4.57 Å². The van der Waals surface area contributed by atoms with Crippen LogP contribution in [0.25, 0.3) is 6.08 Å². The van der Waals surface area contributed by atoms with E-state index in [4.69, 9.17) is 4.74 Å². The zero-order valence-electron chi connectivity index (χ0n) is 14.2. The van der Waals surface area contributed by atoms with Crippen molar-refractivity contribution in [2.75, 3.05) is 13.2 Å². The Kier molecular flexibility index (Phi) is 4.94. The van der Waals surface area contributed by atoms with Gasteiger partial charge in [-0.25, -0.2) is 4.79 Å². The van der Waals surface area contributed by atoms with Crippen LogP contribution in [0.15, 0.2) is 52.7 Å². The molecule has 0 bridgehead atoms. The third kappa shape index (κ3) is 2.86. The Morgan fingerprint density at radius 1 is 1.30 bits per heavy atom. The summed E-state index contributed by atoms with van der Waals surface area (Å²) in [5.41, 5.74) is -4.09. The third-order valence-corrected chi connectivity index (χ3v) is 4.52. The van der Waals surface area contributed by atoms with E-state index in [9.17, 15) is 29.7 Å². The molecule has 3 N–H and O–H groups in total. The number of aliphatic hydroxyl groups is 3. The standard InChI is InChI=1S/C18H18N2O7/c1-2-11-8-19(18(10-21)14(23)13(22)9-27-18)17(26)20(15(11)24)16(25)12-6-4-3-5-7-12/h2-8,13-14,21-23H,1,9-10H2/t13-,14+,18+/m1/s1. The minimum absolute atomic E-state index is 0.0930. The van der Waals surface area contributed by atoms with Crippen LogP contribution in [-0.2, 0) is 10.5 Å². The van der Waals surface area contributed by atoms with Crippen LogP contribution in [-0.4, -0.2) is 55.8 Å². The van der Waals surface area contributed by atoms with Gasteiger partial charge in [0, 0.05) is 11.8 Å². The summed E-state index contributed by atoms with van der Waals surface area (Å²) in [4.78, 5) is 38.3. The first kappa shape index (κ1) is 18.9. The lowest BCUT2D eigenvalue weighted by Crippen LogP contribution is -2.57. The molecular weight excluding hydrogens is 356 g/mol. The predicted octanol–water partition coefficient (Wildman–Crippen LogP) is -1.26. The van der Waals surface area contributed by atoms with Crippen molar-refractivity contribution in [1.82, 2.24) is 9.13 Å². The summed E-state index contributed by atoms with van der Waals surface area (Å²) in [6, 6.07) is 7.69. The predicted molar refractivity (Wildman–Crippen MR) is 94.2 cm³/mol. The summed E-state index contributed by atoms with van der Waals surface area (Å²) in [7, 11) is 0. The van der Waals surface area contributed by atoms with E-state index < -0.39 is 41.7 Å². The molecular formula is C18H18N2O7. The van der Waals surface area contributed by atoms with Gasteiger partial charge < -0.3 is 20.1 Å². The first-order chi connectivity index (χ1) is 12.9. The molecule has 1 aromatic heterocycles. The summed E-state index contributed by atoms with van der Waals surface area (Å²) in [6.07, 6.45) is -0.850. The zero-order valence-corrected chi connectivity index (χ0v) is 14.2. The number of hydrogen-bond donors (Lipinski definition) is 3. The highest BCUT2D eigenvalue weighted by Crippen LogP contribution is 2.30. The van der Waals surface area contributed by atoms with Gasteiger partial charge in [-0.05, 0) is 12.1 Å². The highest BCUT2D eigenvalue weighted by molar-refractivity contribution is 5.95. The maximum atomic E-state index is 13.0. The van der Waals surface area contributed by atoms with E-state index >= 15 is 0 Å². The zero-order chi connectivity index (χ0) is 19.8. The molecule has 27 heavy (non-hydrogen) atoms. The summed E-state index contributed by atoms with van der Waals surface area (Å²) in [6.45, 7) is 2.27. The van der Waals surface area contributed by atoms with Gasteiger partial charge in [-0.2, -0.15) is 4.57 Å². The van der Waals surface area contributed by atoms with Gasteiger partial charge in [0.05, 0.1) is 18.8 Å². The van der Waals surface area contributed by atoms with Crippen LogP contribution in [0.5, 0.6) is 0 Å². The SMILES string of the molecule is C=Cc1cn([C@@]2(CO)OC[C@@H](O)[C@@H]2O)c(=O)n(C(=O)c2ccccc2)c1=O. The molecule has 1 aliphatic rings. The second-order valence-electron chi connectivity index (χ2n) is 6.08. The van der Waals surface area contributed by atoms with Crippen molar-refractivity contribution in [2.24, 2.45) is 0 Å². The molecule has 3 rings (SSSR count). The number of carbonyl (C=O) groups excluding carboxylic acids is 1. The number of carbonyl (C=O) groups is 1. The molecule has 3 atom stereocenters. The number of hydrogen-bond acceptors (Lipinski definition) is 7. The molecule has 2 heterocycles. The molecule has 0 amide bonds. The van der Waals surface area contributed by atoms with E-state index in [-0.39, 0.29) is 17.7 Å². The van der Waals surface area contributed by atoms with Gasteiger partial charge in [-0.1, -0.05) is 30.9 Å². The van der Waals surface area contributed by atoms with Crippen molar-refractivity contribution in [2.45, 2.75) is 17.9 Å². The average molecular weight is 374 g/mol. The molecule has 142 valence electrons. The average Bonchev–Trinajstić information content (AvgIpc) is 2.98. The monoisotopic (exact) mass is 374 g/mol. The maximum absolute atomic E-state index is 13.0. The van der Waals surface area contributed by atoms with Crippen molar-refractivity contribution >= 4 is 12.0 Å². The Labute approximate surface area is 153 Å². The van der Waals surface area contributed by atoms with Crippen molar-refractivity contribution in [3.05, 3.63) is 75.1 Å². The lowest BCUT2D eigenvalue weighted by molar-refractivity contribution is -0.154. The Bertz CT molecular complexity index is 995. The van der Waals surface area contributed by atoms with Crippen LogP contribution in [0.1, 0.15) is 15.9 Å². The van der Waals surface area contributed by atoms with Gasteiger partial charge in [0.2, 0.25) is 5.72 Å². The fourth-order valence-electron chi connectivity index (χ4n) is 3.01. The fraction of sp³-hybridized carbons (Fsp3) is 0.278. The summed E-state index contributed by atoms with van der Waals surface area (Å²) in [5, 5.41) is 29.9. The molecule has 0 unspecified atom stereocenters. The maximum Gasteiger partial charge on any atom is 0.340 e. The van der Waals surface area contributed by atoms with Crippen molar-refractivity contribution in [3.63, 3.8) is 0 Å². The second kappa shape index (κ2) is 7.05. The number of aliphatic hydroxyl groups excluding tert-OH is 3. The molecule has 2 aromatic rings. The largest absolute Gasteiger partial charge is 0.391 e. The van der Waals surface area contributed by atoms with E-state index in [1.807, 2.05) is 0 Å². The summed E-state index contributed by atoms with van der Waals surface area (Å²) >= 11 is 0. The molecule has 1 aliphatic heterocycles. The van der Waals surface area contributed by atoms with Crippen LogP contribution in [0.3, 0.4) is 0 Å². The van der Waals surface area contributed by atoms with Gasteiger partial charge >= 0.3 is 5.69 Å². The van der Waals surface area contributed by atoms with Crippen molar-refractivity contribution < 1.29 is 24.9 Å². The van der Waals surface area contributed by atoms with Crippen LogP contribution < -0.4 is 11.2 Å². The molecule has 0 radical (unpaired) electrons. The fourth-order valence-corrected chi connectivity index (χ4v) is 3.01. The van der Waals surface area contributed by atoms with Crippen molar-refractivity contribution in [3.8, 4) is 0 Å². The van der Waals surface area contributed by atoms with Gasteiger partial charge in [0.15, 0.2) is 0 Å². The van der Waals surface area contributed by atoms with Crippen LogP contribution in [0.2, 0.25) is 0 Å². The number of nitrogens with zero attached hydrogens (tertiary/aromatic N) is 2.